The molecule has 0 saturated carbocycles. The van der Waals surface area contributed by atoms with Crippen LogP contribution in [-0.4, -0.2) is 17.4 Å². The Morgan fingerprint density at radius 1 is 1.47 bits per heavy atom. The molecule has 94 valence electrons. The number of carbonyl (C=O) groups is 1. The summed E-state index contributed by atoms with van der Waals surface area (Å²) in [5, 5.41) is 2.97. The second-order valence-electron chi connectivity index (χ2n) is 4.28. The zero-order valence-electron chi connectivity index (χ0n) is 10.5. The van der Waals surface area contributed by atoms with Crippen LogP contribution in [0.3, 0.4) is 0 Å². The van der Waals surface area contributed by atoms with E-state index in [0.717, 1.165) is 12.0 Å². The number of nitrogens with one attached hydrogen (secondary N) is 1. The molecule has 1 heterocycles. The van der Waals surface area contributed by atoms with Gasteiger partial charge in [0.1, 0.15) is 0 Å². The molecular formula is C13H21N3O. The van der Waals surface area contributed by atoms with E-state index in [2.05, 4.69) is 17.2 Å². The van der Waals surface area contributed by atoms with Gasteiger partial charge in [-0.15, -0.1) is 0 Å². The highest BCUT2D eigenvalue weighted by molar-refractivity contribution is 5.76. The largest absolute Gasteiger partial charge is 0.350 e. The van der Waals surface area contributed by atoms with Gasteiger partial charge in [-0.05, 0) is 37.1 Å². The quantitative estimate of drug-likeness (QED) is 0.787. The molecule has 0 spiro atoms. The molecule has 4 nitrogen and oxygen atoms in total. The van der Waals surface area contributed by atoms with Gasteiger partial charge in [0, 0.05) is 18.8 Å². The van der Waals surface area contributed by atoms with E-state index in [4.69, 9.17) is 5.73 Å². The third-order valence-electron chi connectivity index (χ3n) is 2.97. The zero-order chi connectivity index (χ0) is 12.7. The molecule has 0 aliphatic rings. The molecule has 0 aromatic carbocycles. The number of nitrogens with two attached hydrogens (primary N) is 1. The highest BCUT2D eigenvalue weighted by Crippen LogP contribution is 2.12. The number of nitrogens with zero attached hydrogens (tertiary/aromatic N) is 1. The fourth-order valence-corrected chi connectivity index (χ4v) is 1.69. The van der Waals surface area contributed by atoms with E-state index in [1.54, 1.807) is 12.4 Å². The van der Waals surface area contributed by atoms with E-state index < -0.39 is 0 Å². The molecule has 0 fully saturated rings. The van der Waals surface area contributed by atoms with Crippen LogP contribution in [0.4, 0.5) is 0 Å². The summed E-state index contributed by atoms with van der Waals surface area (Å²) >= 11 is 0. The predicted molar refractivity (Wildman–Crippen MR) is 68.2 cm³/mol. The SMILES string of the molecule is CCC(CN)CC(=O)N[C@@H](C)c1ccncc1. The summed E-state index contributed by atoms with van der Waals surface area (Å²) in [6.45, 7) is 4.58. The Morgan fingerprint density at radius 2 is 2.12 bits per heavy atom. The molecule has 0 aliphatic heterocycles. The van der Waals surface area contributed by atoms with Crippen LogP contribution in [0, 0.1) is 5.92 Å². The number of hydrogen-bond donors (Lipinski definition) is 2. The molecule has 17 heavy (non-hydrogen) atoms. The molecule has 1 rings (SSSR count). The highest BCUT2D eigenvalue weighted by atomic mass is 16.1. The molecule has 1 amide bonds. The van der Waals surface area contributed by atoms with Gasteiger partial charge in [-0.2, -0.15) is 0 Å². The van der Waals surface area contributed by atoms with E-state index in [9.17, 15) is 4.79 Å². The van der Waals surface area contributed by atoms with Crippen molar-refractivity contribution in [2.24, 2.45) is 11.7 Å². The molecule has 4 heteroatoms. The lowest BCUT2D eigenvalue weighted by atomic mass is 10.0. The van der Waals surface area contributed by atoms with Crippen molar-refractivity contribution in [1.82, 2.24) is 10.3 Å². The molecule has 3 N–H and O–H groups in total. The van der Waals surface area contributed by atoms with E-state index in [1.807, 2.05) is 19.1 Å². The summed E-state index contributed by atoms with van der Waals surface area (Å²) in [4.78, 5) is 15.7. The summed E-state index contributed by atoms with van der Waals surface area (Å²) in [6, 6.07) is 3.83. The number of rotatable bonds is 6. The van der Waals surface area contributed by atoms with Crippen molar-refractivity contribution in [2.75, 3.05) is 6.54 Å². The monoisotopic (exact) mass is 235 g/mol. The maximum atomic E-state index is 11.8. The third kappa shape index (κ3) is 4.53. The topological polar surface area (TPSA) is 68.0 Å². The molecule has 0 saturated heterocycles. The number of pyridine rings is 1. The number of aromatic nitrogens is 1. The van der Waals surface area contributed by atoms with Crippen molar-refractivity contribution in [3.05, 3.63) is 30.1 Å². The van der Waals surface area contributed by atoms with Crippen molar-refractivity contribution in [2.45, 2.75) is 32.7 Å². The number of amides is 1. The van der Waals surface area contributed by atoms with Gasteiger partial charge in [0.05, 0.1) is 6.04 Å². The molecule has 2 atom stereocenters. The molecule has 0 aliphatic carbocycles. The third-order valence-corrected chi connectivity index (χ3v) is 2.97. The first-order valence-corrected chi connectivity index (χ1v) is 6.06. The van der Waals surface area contributed by atoms with Crippen LogP contribution in [0.1, 0.15) is 38.3 Å². The lowest BCUT2D eigenvalue weighted by molar-refractivity contribution is -0.122. The first kappa shape index (κ1) is 13.6. The molecule has 1 aromatic rings. The Balaban J connectivity index is 2.46. The fourth-order valence-electron chi connectivity index (χ4n) is 1.69. The Hall–Kier alpha value is -1.42. The molecule has 0 bridgehead atoms. The van der Waals surface area contributed by atoms with Gasteiger partial charge in [0.25, 0.3) is 0 Å². The molecule has 0 radical (unpaired) electrons. The van der Waals surface area contributed by atoms with Gasteiger partial charge in [0.2, 0.25) is 5.91 Å². The van der Waals surface area contributed by atoms with Crippen LogP contribution in [0.25, 0.3) is 0 Å². The summed E-state index contributed by atoms with van der Waals surface area (Å²) < 4.78 is 0. The van der Waals surface area contributed by atoms with Crippen LogP contribution >= 0.6 is 0 Å². The van der Waals surface area contributed by atoms with Crippen LogP contribution in [0.15, 0.2) is 24.5 Å². The van der Waals surface area contributed by atoms with Crippen molar-refractivity contribution in [1.29, 1.82) is 0 Å². The van der Waals surface area contributed by atoms with E-state index in [0.29, 0.717) is 13.0 Å². The fraction of sp³-hybridized carbons (Fsp3) is 0.538. The van der Waals surface area contributed by atoms with Crippen molar-refractivity contribution in [3.63, 3.8) is 0 Å². The Kier molecular flexibility index (Phi) is 5.63. The van der Waals surface area contributed by atoms with E-state index in [1.165, 1.54) is 0 Å². The summed E-state index contributed by atoms with van der Waals surface area (Å²) in [6.07, 6.45) is 4.90. The van der Waals surface area contributed by atoms with E-state index in [-0.39, 0.29) is 17.9 Å². The minimum atomic E-state index is 0.0146. The van der Waals surface area contributed by atoms with Crippen LogP contribution in [-0.2, 0) is 4.79 Å². The minimum absolute atomic E-state index is 0.0146. The Bertz CT molecular complexity index is 336. The van der Waals surface area contributed by atoms with Gasteiger partial charge < -0.3 is 11.1 Å². The predicted octanol–water partition coefficient (Wildman–Crippen LogP) is 1.63. The molecular weight excluding hydrogens is 214 g/mol. The Labute approximate surface area is 103 Å². The molecule has 1 unspecified atom stereocenters. The number of carbonyl (C=O) groups excluding carboxylic acids is 1. The zero-order valence-corrected chi connectivity index (χ0v) is 10.5. The normalized spacial score (nSPS) is 14.1. The maximum absolute atomic E-state index is 11.8. The summed E-state index contributed by atoms with van der Waals surface area (Å²) in [5.41, 5.74) is 6.65. The number of hydrogen-bond acceptors (Lipinski definition) is 3. The first-order valence-electron chi connectivity index (χ1n) is 6.06. The van der Waals surface area contributed by atoms with Crippen molar-refractivity contribution in [3.8, 4) is 0 Å². The van der Waals surface area contributed by atoms with Crippen LogP contribution < -0.4 is 11.1 Å². The highest BCUT2D eigenvalue weighted by Gasteiger charge is 2.13. The standard InChI is InChI=1S/C13H21N3O/c1-3-11(9-14)8-13(17)16-10(2)12-4-6-15-7-5-12/h4-7,10-11H,3,8-9,14H2,1-2H3,(H,16,17)/t10-,11?/m0/s1. The minimum Gasteiger partial charge on any atom is -0.350 e. The van der Waals surface area contributed by atoms with Crippen LogP contribution in [0.5, 0.6) is 0 Å². The van der Waals surface area contributed by atoms with Crippen molar-refractivity contribution >= 4 is 5.91 Å². The van der Waals surface area contributed by atoms with Gasteiger partial charge in [0.15, 0.2) is 0 Å². The van der Waals surface area contributed by atoms with Crippen molar-refractivity contribution < 1.29 is 4.79 Å². The van der Waals surface area contributed by atoms with Crippen LogP contribution in [0.2, 0.25) is 0 Å². The maximum Gasteiger partial charge on any atom is 0.220 e. The van der Waals surface area contributed by atoms with E-state index >= 15 is 0 Å². The van der Waals surface area contributed by atoms with Gasteiger partial charge >= 0.3 is 0 Å². The lowest BCUT2D eigenvalue weighted by Gasteiger charge is -2.16. The molecule has 1 aromatic heterocycles. The average molecular weight is 235 g/mol. The Morgan fingerprint density at radius 3 is 2.65 bits per heavy atom. The second kappa shape index (κ2) is 7.01. The summed E-state index contributed by atoms with van der Waals surface area (Å²) in [7, 11) is 0. The van der Waals surface area contributed by atoms with Gasteiger partial charge in [-0.25, -0.2) is 0 Å². The average Bonchev–Trinajstić information content (AvgIpc) is 2.37. The van der Waals surface area contributed by atoms with Gasteiger partial charge in [-0.3, -0.25) is 9.78 Å². The summed E-state index contributed by atoms with van der Waals surface area (Å²) in [5.74, 6) is 0.339. The lowest BCUT2D eigenvalue weighted by Crippen LogP contribution is -2.30. The first-order chi connectivity index (χ1) is 8.17. The smallest absolute Gasteiger partial charge is 0.220 e. The van der Waals surface area contributed by atoms with Gasteiger partial charge in [-0.1, -0.05) is 13.3 Å². The second-order valence-corrected chi connectivity index (χ2v) is 4.28.